The van der Waals surface area contributed by atoms with E-state index in [0.717, 1.165) is 5.56 Å². The van der Waals surface area contributed by atoms with Crippen LogP contribution in [-0.4, -0.2) is 20.4 Å². The van der Waals surface area contributed by atoms with Crippen molar-refractivity contribution in [1.82, 2.24) is 4.72 Å². The Morgan fingerprint density at radius 1 is 1.12 bits per heavy atom. The minimum Gasteiger partial charge on any atom is -0.368 e. The van der Waals surface area contributed by atoms with Crippen molar-refractivity contribution >= 4 is 15.9 Å². The molecule has 124 valence electrons. The van der Waals surface area contributed by atoms with E-state index in [1.54, 1.807) is 42.5 Å². The summed E-state index contributed by atoms with van der Waals surface area (Å²) in [7, 11) is -3.78. The van der Waals surface area contributed by atoms with Crippen molar-refractivity contribution in [2.45, 2.75) is 18.2 Å². The number of amides is 1. The van der Waals surface area contributed by atoms with E-state index in [1.807, 2.05) is 12.1 Å². The van der Waals surface area contributed by atoms with Crippen LogP contribution in [0.5, 0.6) is 0 Å². The summed E-state index contributed by atoms with van der Waals surface area (Å²) in [5.74, 6) is -1.07. The van der Waals surface area contributed by atoms with E-state index in [4.69, 9.17) is 11.0 Å². The highest BCUT2D eigenvalue weighted by Gasteiger charge is 2.23. The molecule has 3 N–H and O–H groups in total. The summed E-state index contributed by atoms with van der Waals surface area (Å²) in [6, 6.07) is 16.2. The van der Waals surface area contributed by atoms with Crippen LogP contribution >= 0.6 is 0 Å². The maximum atomic E-state index is 12.3. The number of nitrogens with one attached hydrogen (secondary N) is 1. The molecule has 1 amide bonds. The van der Waals surface area contributed by atoms with E-state index in [-0.39, 0.29) is 12.2 Å². The van der Waals surface area contributed by atoms with Gasteiger partial charge in [0.2, 0.25) is 15.9 Å². The van der Waals surface area contributed by atoms with Gasteiger partial charge in [0.25, 0.3) is 0 Å². The normalized spacial score (nSPS) is 12.3. The van der Waals surface area contributed by atoms with Crippen LogP contribution < -0.4 is 10.5 Å². The summed E-state index contributed by atoms with van der Waals surface area (Å²) >= 11 is 0. The number of hydrogen-bond donors (Lipinski definition) is 2. The molecule has 24 heavy (non-hydrogen) atoms. The number of nitriles is 1. The Morgan fingerprint density at radius 2 is 1.79 bits per heavy atom. The third kappa shape index (κ3) is 5.19. The number of carbonyl (C=O) groups is 1. The first kappa shape index (κ1) is 17.7. The maximum absolute atomic E-state index is 12.3. The highest BCUT2D eigenvalue weighted by atomic mass is 32.2. The number of nitrogens with zero attached hydrogens (tertiary/aromatic N) is 1. The lowest BCUT2D eigenvalue weighted by molar-refractivity contribution is -0.119. The molecule has 0 aromatic heterocycles. The number of hydrogen-bond acceptors (Lipinski definition) is 4. The van der Waals surface area contributed by atoms with Crippen molar-refractivity contribution in [2.24, 2.45) is 5.73 Å². The Kier molecular flexibility index (Phi) is 5.68. The molecule has 0 saturated carbocycles. The van der Waals surface area contributed by atoms with E-state index >= 15 is 0 Å². The highest BCUT2D eigenvalue weighted by molar-refractivity contribution is 7.88. The molecule has 7 heteroatoms. The summed E-state index contributed by atoms with van der Waals surface area (Å²) in [6.07, 6.45) is 0.174. The Hall–Kier alpha value is -2.69. The average Bonchev–Trinajstić information content (AvgIpc) is 2.54. The molecule has 0 spiro atoms. The second-order valence-electron chi connectivity index (χ2n) is 5.33. The van der Waals surface area contributed by atoms with Crippen molar-refractivity contribution in [3.63, 3.8) is 0 Å². The van der Waals surface area contributed by atoms with E-state index < -0.39 is 22.0 Å². The zero-order chi connectivity index (χ0) is 17.6. The summed E-state index contributed by atoms with van der Waals surface area (Å²) in [4.78, 5) is 11.6. The molecule has 0 aliphatic rings. The molecule has 0 radical (unpaired) electrons. The number of benzene rings is 2. The SMILES string of the molecule is N#Cc1cccc(CS(=O)(=O)N[C@H](Cc2ccccc2)C(N)=O)c1. The third-order valence-corrected chi connectivity index (χ3v) is 4.72. The summed E-state index contributed by atoms with van der Waals surface area (Å²) in [5, 5.41) is 8.87. The minimum absolute atomic E-state index is 0.174. The van der Waals surface area contributed by atoms with Crippen LogP contribution in [0.4, 0.5) is 0 Å². The van der Waals surface area contributed by atoms with Gasteiger partial charge in [0.05, 0.1) is 17.4 Å². The molecule has 2 aromatic carbocycles. The highest BCUT2D eigenvalue weighted by Crippen LogP contribution is 2.10. The summed E-state index contributed by atoms with van der Waals surface area (Å²) in [5.41, 5.74) is 6.96. The Morgan fingerprint density at radius 3 is 2.42 bits per heavy atom. The van der Waals surface area contributed by atoms with Crippen LogP contribution in [0.15, 0.2) is 54.6 Å². The maximum Gasteiger partial charge on any atom is 0.235 e. The predicted molar refractivity (Wildman–Crippen MR) is 90.0 cm³/mol. The van der Waals surface area contributed by atoms with Crippen LogP contribution in [0.25, 0.3) is 0 Å². The van der Waals surface area contributed by atoms with Crippen molar-refractivity contribution < 1.29 is 13.2 Å². The van der Waals surface area contributed by atoms with Crippen LogP contribution in [0.2, 0.25) is 0 Å². The molecule has 0 aliphatic heterocycles. The largest absolute Gasteiger partial charge is 0.368 e. The van der Waals surface area contributed by atoms with Gasteiger partial charge >= 0.3 is 0 Å². The molecule has 2 aromatic rings. The van der Waals surface area contributed by atoms with E-state index in [9.17, 15) is 13.2 Å². The molecule has 0 unspecified atom stereocenters. The third-order valence-electron chi connectivity index (χ3n) is 3.36. The van der Waals surface area contributed by atoms with Gasteiger partial charge in [-0.05, 0) is 29.7 Å². The molecule has 6 nitrogen and oxygen atoms in total. The molecule has 0 fully saturated rings. The van der Waals surface area contributed by atoms with Crippen molar-refractivity contribution in [3.05, 3.63) is 71.3 Å². The smallest absolute Gasteiger partial charge is 0.235 e. The van der Waals surface area contributed by atoms with Gasteiger partial charge in [0.15, 0.2) is 0 Å². The van der Waals surface area contributed by atoms with Gasteiger partial charge in [0, 0.05) is 0 Å². The second-order valence-corrected chi connectivity index (χ2v) is 7.09. The molecule has 0 bridgehead atoms. The van der Waals surface area contributed by atoms with Gasteiger partial charge in [0.1, 0.15) is 6.04 Å². The standard InChI is InChI=1S/C17H17N3O3S/c18-11-14-7-4-8-15(9-14)12-24(22,23)20-16(17(19)21)10-13-5-2-1-3-6-13/h1-9,16,20H,10,12H2,(H2,19,21)/t16-/m1/s1. The van der Waals surface area contributed by atoms with Crippen LogP contribution in [0.3, 0.4) is 0 Å². The zero-order valence-electron chi connectivity index (χ0n) is 12.8. The second kappa shape index (κ2) is 7.73. The molecule has 0 aliphatic carbocycles. The molecule has 2 rings (SSSR count). The zero-order valence-corrected chi connectivity index (χ0v) is 13.7. The molecule has 0 heterocycles. The molecular formula is C17H17N3O3S. The van der Waals surface area contributed by atoms with Gasteiger partial charge in [-0.25, -0.2) is 13.1 Å². The average molecular weight is 343 g/mol. The van der Waals surface area contributed by atoms with Crippen LogP contribution in [0.1, 0.15) is 16.7 Å². The topological polar surface area (TPSA) is 113 Å². The van der Waals surface area contributed by atoms with Crippen LogP contribution in [0, 0.1) is 11.3 Å². The fourth-order valence-electron chi connectivity index (χ4n) is 2.26. The molecule has 0 saturated heterocycles. The van der Waals surface area contributed by atoms with Crippen molar-refractivity contribution in [1.29, 1.82) is 5.26 Å². The Balaban J connectivity index is 2.12. The van der Waals surface area contributed by atoms with Gasteiger partial charge in [-0.3, -0.25) is 4.79 Å². The quantitative estimate of drug-likeness (QED) is 0.783. The minimum atomic E-state index is -3.78. The first-order chi connectivity index (χ1) is 11.4. The van der Waals surface area contributed by atoms with Crippen LogP contribution in [-0.2, 0) is 27.0 Å². The fraction of sp³-hybridized carbons (Fsp3) is 0.176. The lowest BCUT2D eigenvalue weighted by atomic mass is 10.1. The monoisotopic (exact) mass is 343 g/mol. The number of nitrogens with two attached hydrogens (primary N) is 1. The van der Waals surface area contributed by atoms with Gasteiger partial charge in [-0.2, -0.15) is 5.26 Å². The predicted octanol–water partition coefficient (Wildman–Crippen LogP) is 1.07. The summed E-state index contributed by atoms with van der Waals surface area (Å²) < 4.78 is 26.9. The number of sulfonamides is 1. The number of rotatable bonds is 7. The van der Waals surface area contributed by atoms with E-state index in [2.05, 4.69) is 4.72 Å². The number of carbonyl (C=O) groups excluding carboxylic acids is 1. The first-order valence-corrected chi connectivity index (χ1v) is 8.87. The number of primary amides is 1. The van der Waals surface area contributed by atoms with Gasteiger partial charge in [-0.1, -0.05) is 42.5 Å². The van der Waals surface area contributed by atoms with Gasteiger partial charge < -0.3 is 5.73 Å². The van der Waals surface area contributed by atoms with Gasteiger partial charge in [-0.15, -0.1) is 0 Å². The lowest BCUT2D eigenvalue weighted by Crippen LogP contribution is -2.46. The molecule has 1 atom stereocenters. The molecular weight excluding hydrogens is 326 g/mol. The Bertz CT molecular complexity index is 858. The Labute approximate surface area is 141 Å². The van der Waals surface area contributed by atoms with Crippen molar-refractivity contribution in [3.8, 4) is 6.07 Å². The fourth-order valence-corrected chi connectivity index (χ4v) is 3.59. The lowest BCUT2D eigenvalue weighted by Gasteiger charge is -2.16. The van der Waals surface area contributed by atoms with E-state index in [1.165, 1.54) is 6.07 Å². The summed E-state index contributed by atoms with van der Waals surface area (Å²) in [6.45, 7) is 0. The van der Waals surface area contributed by atoms with E-state index in [0.29, 0.717) is 11.1 Å². The van der Waals surface area contributed by atoms with Crippen molar-refractivity contribution in [2.75, 3.05) is 0 Å². The first-order valence-electron chi connectivity index (χ1n) is 7.22.